The fraction of sp³-hybridized carbons (Fsp3) is 0.500. The monoisotopic (exact) mass is 164 g/mol. The number of pyridine rings is 1. The van der Waals surface area contributed by atoms with E-state index in [1.54, 1.807) is 0 Å². The second kappa shape index (κ2) is 3.13. The molecule has 0 aliphatic heterocycles. The van der Waals surface area contributed by atoms with Gasteiger partial charge in [0.2, 0.25) is 0 Å². The van der Waals surface area contributed by atoms with Crippen molar-refractivity contribution >= 4 is 5.82 Å². The van der Waals surface area contributed by atoms with Crippen LogP contribution in [0.1, 0.15) is 36.5 Å². The van der Waals surface area contributed by atoms with Gasteiger partial charge in [0.15, 0.2) is 0 Å². The van der Waals surface area contributed by atoms with Gasteiger partial charge in [-0.2, -0.15) is 0 Å². The molecule has 0 spiro atoms. The molecule has 0 aromatic carbocycles. The second-order valence-electron chi connectivity index (χ2n) is 3.50. The number of nitrogens with two attached hydrogens (primary N) is 1. The van der Waals surface area contributed by atoms with Gasteiger partial charge in [-0.1, -0.05) is 13.8 Å². The van der Waals surface area contributed by atoms with Crippen LogP contribution in [0.5, 0.6) is 0 Å². The Morgan fingerprint density at radius 1 is 1.25 bits per heavy atom. The number of nitrogens with zero attached hydrogens (tertiary/aromatic N) is 1. The Balaban J connectivity index is 3.27. The van der Waals surface area contributed by atoms with Gasteiger partial charge in [-0.05, 0) is 36.5 Å². The molecule has 1 rings (SSSR count). The fourth-order valence-electron chi connectivity index (χ4n) is 1.32. The molecule has 0 amide bonds. The predicted molar refractivity (Wildman–Crippen MR) is 52.2 cm³/mol. The van der Waals surface area contributed by atoms with Crippen molar-refractivity contribution in [2.45, 2.75) is 33.6 Å². The first-order valence-corrected chi connectivity index (χ1v) is 4.25. The van der Waals surface area contributed by atoms with Crippen LogP contribution in [0.25, 0.3) is 0 Å². The fourth-order valence-corrected chi connectivity index (χ4v) is 1.32. The largest absolute Gasteiger partial charge is 0.383 e. The molecular formula is C10H16N2. The molecule has 0 bridgehead atoms. The van der Waals surface area contributed by atoms with Gasteiger partial charge in [0, 0.05) is 6.20 Å². The highest BCUT2D eigenvalue weighted by Gasteiger charge is 2.07. The second-order valence-corrected chi connectivity index (χ2v) is 3.50. The van der Waals surface area contributed by atoms with E-state index in [9.17, 15) is 0 Å². The first-order valence-electron chi connectivity index (χ1n) is 4.25. The molecule has 12 heavy (non-hydrogen) atoms. The SMILES string of the molecule is Cc1c(C(C)C)cnc(N)c1C. The van der Waals surface area contributed by atoms with E-state index in [0.717, 1.165) is 5.56 Å². The third-order valence-electron chi connectivity index (χ3n) is 2.34. The van der Waals surface area contributed by atoms with Crippen molar-refractivity contribution in [3.63, 3.8) is 0 Å². The van der Waals surface area contributed by atoms with Gasteiger partial charge in [-0.3, -0.25) is 0 Å². The smallest absolute Gasteiger partial charge is 0.126 e. The van der Waals surface area contributed by atoms with E-state index in [1.165, 1.54) is 11.1 Å². The molecule has 0 saturated heterocycles. The maximum atomic E-state index is 5.68. The van der Waals surface area contributed by atoms with Gasteiger partial charge in [0.1, 0.15) is 5.82 Å². The summed E-state index contributed by atoms with van der Waals surface area (Å²) in [6.45, 7) is 8.45. The zero-order chi connectivity index (χ0) is 9.30. The maximum Gasteiger partial charge on any atom is 0.126 e. The minimum atomic E-state index is 0.525. The van der Waals surface area contributed by atoms with Crippen molar-refractivity contribution in [3.05, 3.63) is 22.9 Å². The van der Waals surface area contributed by atoms with Crippen molar-refractivity contribution < 1.29 is 0 Å². The topological polar surface area (TPSA) is 38.9 Å². The van der Waals surface area contributed by atoms with Gasteiger partial charge >= 0.3 is 0 Å². The maximum absolute atomic E-state index is 5.68. The highest BCUT2D eigenvalue weighted by Crippen LogP contribution is 2.22. The van der Waals surface area contributed by atoms with Crippen LogP contribution in [0.3, 0.4) is 0 Å². The van der Waals surface area contributed by atoms with Crippen LogP contribution in [0, 0.1) is 13.8 Å². The quantitative estimate of drug-likeness (QED) is 0.692. The molecule has 2 heteroatoms. The van der Waals surface area contributed by atoms with Crippen LogP contribution in [-0.2, 0) is 0 Å². The summed E-state index contributed by atoms with van der Waals surface area (Å²) < 4.78 is 0. The molecule has 0 atom stereocenters. The van der Waals surface area contributed by atoms with Gasteiger partial charge in [-0.15, -0.1) is 0 Å². The summed E-state index contributed by atoms with van der Waals surface area (Å²) in [5.74, 6) is 1.17. The molecule has 1 aromatic heterocycles. The molecule has 0 aliphatic rings. The van der Waals surface area contributed by atoms with Gasteiger partial charge < -0.3 is 5.73 Å². The summed E-state index contributed by atoms with van der Waals surface area (Å²) in [6, 6.07) is 0. The Kier molecular flexibility index (Phi) is 2.36. The summed E-state index contributed by atoms with van der Waals surface area (Å²) in [5, 5.41) is 0. The zero-order valence-corrected chi connectivity index (χ0v) is 8.18. The van der Waals surface area contributed by atoms with E-state index in [0.29, 0.717) is 11.7 Å². The van der Waals surface area contributed by atoms with Crippen LogP contribution in [-0.4, -0.2) is 4.98 Å². The van der Waals surface area contributed by atoms with Crippen LogP contribution in [0.15, 0.2) is 6.20 Å². The third kappa shape index (κ3) is 1.42. The number of anilines is 1. The van der Waals surface area contributed by atoms with Gasteiger partial charge in [0.25, 0.3) is 0 Å². The van der Waals surface area contributed by atoms with E-state index in [2.05, 4.69) is 25.8 Å². The van der Waals surface area contributed by atoms with E-state index < -0.39 is 0 Å². The summed E-state index contributed by atoms with van der Waals surface area (Å²) in [7, 11) is 0. The summed E-state index contributed by atoms with van der Waals surface area (Å²) in [4.78, 5) is 4.14. The minimum Gasteiger partial charge on any atom is -0.383 e. The van der Waals surface area contributed by atoms with Crippen molar-refractivity contribution in [2.75, 3.05) is 5.73 Å². The molecule has 2 nitrogen and oxygen atoms in total. The van der Waals surface area contributed by atoms with Crippen molar-refractivity contribution in [1.82, 2.24) is 4.98 Å². The van der Waals surface area contributed by atoms with E-state index in [-0.39, 0.29) is 0 Å². The molecule has 0 saturated carbocycles. The summed E-state index contributed by atoms with van der Waals surface area (Å²) >= 11 is 0. The predicted octanol–water partition coefficient (Wildman–Crippen LogP) is 2.40. The summed E-state index contributed by atoms with van der Waals surface area (Å²) in [6.07, 6.45) is 1.88. The lowest BCUT2D eigenvalue weighted by molar-refractivity contribution is 0.845. The Labute approximate surface area is 73.8 Å². The minimum absolute atomic E-state index is 0.525. The first-order chi connectivity index (χ1) is 5.54. The molecule has 0 radical (unpaired) electrons. The molecule has 2 N–H and O–H groups in total. The molecule has 66 valence electrons. The van der Waals surface area contributed by atoms with Crippen LogP contribution in [0.4, 0.5) is 5.82 Å². The number of hydrogen-bond donors (Lipinski definition) is 1. The Morgan fingerprint density at radius 2 is 1.83 bits per heavy atom. The lowest BCUT2D eigenvalue weighted by Crippen LogP contribution is -2.01. The van der Waals surface area contributed by atoms with Crippen molar-refractivity contribution in [1.29, 1.82) is 0 Å². The van der Waals surface area contributed by atoms with E-state index >= 15 is 0 Å². The molecule has 1 aromatic rings. The Hall–Kier alpha value is -1.05. The first kappa shape index (κ1) is 9.04. The number of nitrogen functional groups attached to an aromatic ring is 1. The summed E-state index contributed by atoms with van der Waals surface area (Å²) in [5.41, 5.74) is 9.36. The standard InChI is InChI=1S/C10H16N2/c1-6(2)9-5-12-10(11)8(4)7(9)3/h5-6H,1-4H3,(H2,11,12). The highest BCUT2D eigenvalue weighted by atomic mass is 14.8. The van der Waals surface area contributed by atoms with Crippen LogP contribution in [0.2, 0.25) is 0 Å². The normalized spacial score (nSPS) is 10.8. The molecular weight excluding hydrogens is 148 g/mol. The van der Waals surface area contributed by atoms with Crippen molar-refractivity contribution in [3.8, 4) is 0 Å². The van der Waals surface area contributed by atoms with Crippen LogP contribution < -0.4 is 5.73 Å². The molecule has 1 heterocycles. The molecule has 0 aliphatic carbocycles. The number of aromatic nitrogens is 1. The number of rotatable bonds is 1. The molecule has 0 fully saturated rings. The van der Waals surface area contributed by atoms with Crippen LogP contribution >= 0.6 is 0 Å². The lowest BCUT2D eigenvalue weighted by Gasteiger charge is -2.12. The average molecular weight is 164 g/mol. The van der Waals surface area contributed by atoms with Gasteiger partial charge in [-0.25, -0.2) is 4.98 Å². The van der Waals surface area contributed by atoms with Gasteiger partial charge in [0.05, 0.1) is 0 Å². The van der Waals surface area contributed by atoms with E-state index in [1.807, 2.05) is 13.1 Å². The Morgan fingerprint density at radius 3 is 2.33 bits per heavy atom. The zero-order valence-electron chi connectivity index (χ0n) is 8.18. The van der Waals surface area contributed by atoms with E-state index in [4.69, 9.17) is 5.73 Å². The lowest BCUT2D eigenvalue weighted by atomic mass is 9.97. The Bertz CT molecular complexity index is 290. The number of hydrogen-bond acceptors (Lipinski definition) is 2. The third-order valence-corrected chi connectivity index (χ3v) is 2.34. The molecule has 0 unspecified atom stereocenters. The highest BCUT2D eigenvalue weighted by molar-refractivity contribution is 5.46. The van der Waals surface area contributed by atoms with Crippen molar-refractivity contribution in [2.24, 2.45) is 0 Å². The average Bonchev–Trinajstić information content (AvgIpc) is 2.00.